The van der Waals surface area contributed by atoms with Crippen molar-refractivity contribution in [2.24, 2.45) is 0 Å². The molecule has 3 rings (SSSR count). The summed E-state index contributed by atoms with van der Waals surface area (Å²) in [6.07, 6.45) is 1.24. The normalized spacial score (nSPS) is 16.2. The first-order chi connectivity index (χ1) is 11.4. The maximum absolute atomic E-state index is 11.6. The van der Waals surface area contributed by atoms with Gasteiger partial charge in [0.05, 0.1) is 6.26 Å². The van der Waals surface area contributed by atoms with Crippen LogP contribution in [0.5, 0.6) is 0 Å². The maximum Gasteiger partial charge on any atom is 0.227 e. The van der Waals surface area contributed by atoms with E-state index in [1.807, 2.05) is 48.2 Å². The fraction of sp³-hybridized carbons (Fsp3) is 0.375. The number of nitrogens with one attached hydrogen (secondary N) is 1. The van der Waals surface area contributed by atoms with E-state index in [1.165, 1.54) is 10.6 Å². The largest absolute Gasteiger partial charge is 0.340 e. The Bertz CT molecular complexity index is 802. The summed E-state index contributed by atoms with van der Waals surface area (Å²) in [5, 5.41) is 3.27. The van der Waals surface area contributed by atoms with Crippen LogP contribution in [-0.2, 0) is 10.0 Å². The monoisotopic (exact) mass is 347 g/mol. The third-order valence-electron chi connectivity index (χ3n) is 3.88. The topological polar surface area (TPSA) is 78.4 Å². The molecule has 2 heterocycles. The minimum absolute atomic E-state index is 0.456. The van der Waals surface area contributed by atoms with E-state index in [4.69, 9.17) is 0 Å². The summed E-state index contributed by atoms with van der Waals surface area (Å²) in [6, 6.07) is 11.7. The van der Waals surface area contributed by atoms with E-state index in [0.717, 1.165) is 17.2 Å². The molecule has 1 N–H and O–H groups in total. The molecule has 7 nitrogen and oxygen atoms in total. The highest BCUT2D eigenvalue weighted by Gasteiger charge is 2.24. The highest BCUT2D eigenvalue weighted by molar-refractivity contribution is 7.88. The van der Waals surface area contributed by atoms with Gasteiger partial charge in [-0.2, -0.15) is 9.29 Å². The van der Waals surface area contributed by atoms with Crippen LogP contribution in [0.2, 0.25) is 0 Å². The summed E-state index contributed by atoms with van der Waals surface area (Å²) in [5.41, 5.74) is 1.83. The molecule has 128 valence electrons. The van der Waals surface area contributed by atoms with Crippen molar-refractivity contribution in [1.29, 1.82) is 0 Å². The molecule has 1 fully saturated rings. The number of hydrogen-bond acceptors (Lipinski definition) is 6. The highest BCUT2D eigenvalue weighted by Crippen LogP contribution is 2.19. The second-order valence-electron chi connectivity index (χ2n) is 5.83. The second-order valence-corrected chi connectivity index (χ2v) is 7.82. The van der Waals surface area contributed by atoms with Gasteiger partial charge in [-0.25, -0.2) is 13.4 Å². The number of sulfonamides is 1. The Balaban J connectivity index is 1.75. The van der Waals surface area contributed by atoms with Gasteiger partial charge in [-0.1, -0.05) is 18.2 Å². The summed E-state index contributed by atoms with van der Waals surface area (Å²) in [4.78, 5) is 11.1. The van der Waals surface area contributed by atoms with Gasteiger partial charge in [0.15, 0.2) is 0 Å². The second kappa shape index (κ2) is 6.74. The number of anilines is 3. The van der Waals surface area contributed by atoms with Gasteiger partial charge in [0.2, 0.25) is 16.0 Å². The molecule has 0 atom stereocenters. The van der Waals surface area contributed by atoms with Gasteiger partial charge < -0.3 is 10.2 Å². The molecule has 8 heteroatoms. The molecule has 0 aliphatic carbocycles. The number of para-hydroxylation sites is 1. The lowest BCUT2D eigenvalue weighted by molar-refractivity contribution is 0.385. The molecule has 1 aromatic carbocycles. The van der Waals surface area contributed by atoms with Crippen LogP contribution in [-0.4, -0.2) is 55.1 Å². The average molecular weight is 347 g/mol. The number of rotatable bonds is 4. The molecular formula is C16H21N5O2S. The van der Waals surface area contributed by atoms with Crippen molar-refractivity contribution < 1.29 is 8.42 Å². The number of aryl methyl sites for hydroxylation is 1. The van der Waals surface area contributed by atoms with E-state index in [0.29, 0.717) is 32.1 Å². The number of benzene rings is 1. The smallest absolute Gasteiger partial charge is 0.227 e. The molecular weight excluding hydrogens is 326 g/mol. The third-order valence-corrected chi connectivity index (χ3v) is 5.18. The van der Waals surface area contributed by atoms with Gasteiger partial charge >= 0.3 is 0 Å². The van der Waals surface area contributed by atoms with Crippen LogP contribution >= 0.6 is 0 Å². The van der Waals surface area contributed by atoms with Gasteiger partial charge in [0.1, 0.15) is 5.82 Å². The lowest BCUT2D eigenvalue weighted by atomic mass is 10.3. The van der Waals surface area contributed by atoms with Crippen molar-refractivity contribution in [2.45, 2.75) is 6.92 Å². The minimum atomic E-state index is -3.14. The van der Waals surface area contributed by atoms with Crippen molar-refractivity contribution >= 4 is 27.5 Å². The molecule has 0 unspecified atom stereocenters. The predicted octanol–water partition coefficient (Wildman–Crippen LogP) is 1.61. The van der Waals surface area contributed by atoms with E-state index >= 15 is 0 Å². The van der Waals surface area contributed by atoms with Crippen LogP contribution in [0.4, 0.5) is 17.5 Å². The van der Waals surface area contributed by atoms with Crippen LogP contribution in [0, 0.1) is 6.92 Å². The summed E-state index contributed by atoms with van der Waals surface area (Å²) in [7, 11) is -3.14. The van der Waals surface area contributed by atoms with Crippen LogP contribution in [0.1, 0.15) is 5.69 Å². The van der Waals surface area contributed by atoms with E-state index in [1.54, 1.807) is 0 Å². The molecule has 24 heavy (non-hydrogen) atoms. The van der Waals surface area contributed by atoms with Crippen LogP contribution in [0.15, 0.2) is 36.4 Å². The number of hydrogen-bond donors (Lipinski definition) is 1. The minimum Gasteiger partial charge on any atom is -0.340 e. The van der Waals surface area contributed by atoms with E-state index < -0.39 is 10.0 Å². The Morgan fingerprint density at radius 2 is 1.71 bits per heavy atom. The van der Waals surface area contributed by atoms with Crippen LogP contribution in [0.3, 0.4) is 0 Å². The zero-order valence-corrected chi connectivity index (χ0v) is 14.6. The summed E-state index contributed by atoms with van der Waals surface area (Å²) < 4.78 is 24.7. The quantitative estimate of drug-likeness (QED) is 0.905. The molecule has 0 radical (unpaired) electrons. The molecule has 1 aromatic heterocycles. The van der Waals surface area contributed by atoms with Gasteiger partial charge in [-0.15, -0.1) is 0 Å². The standard InChI is InChI=1S/C16H21N5O2S/c1-13-12-15(18-14-6-4-3-5-7-14)19-16(17-13)20-8-10-21(11-9-20)24(2,22)23/h3-7,12H,8-11H2,1-2H3,(H,17,18,19). The SMILES string of the molecule is Cc1cc(Nc2ccccc2)nc(N2CCN(S(C)(=O)=O)CC2)n1. The Morgan fingerprint density at radius 3 is 2.33 bits per heavy atom. The van der Waals surface area contributed by atoms with E-state index in [-0.39, 0.29) is 0 Å². The fourth-order valence-electron chi connectivity index (χ4n) is 2.65. The molecule has 0 amide bonds. The van der Waals surface area contributed by atoms with E-state index in [2.05, 4.69) is 15.3 Å². The summed E-state index contributed by atoms with van der Waals surface area (Å²) in [5.74, 6) is 1.36. The number of aromatic nitrogens is 2. The molecule has 0 bridgehead atoms. The first-order valence-electron chi connectivity index (χ1n) is 7.80. The fourth-order valence-corrected chi connectivity index (χ4v) is 3.47. The summed E-state index contributed by atoms with van der Waals surface area (Å²) in [6.45, 7) is 4.01. The van der Waals surface area contributed by atoms with E-state index in [9.17, 15) is 8.42 Å². The maximum atomic E-state index is 11.6. The van der Waals surface area contributed by atoms with Gasteiger partial charge in [0.25, 0.3) is 0 Å². The first kappa shape index (κ1) is 16.7. The molecule has 0 saturated carbocycles. The lowest BCUT2D eigenvalue weighted by Crippen LogP contribution is -2.48. The Kier molecular flexibility index (Phi) is 4.68. The first-order valence-corrected chi connectivity index (χ1v) is 9.64. The zero-order chi connectivity index (χ0) is 17.2. The van der Waals surface area contributed by atoms with Crippen LogP contribution < -0.4 is 10.2 Å². The predicted molar refractivity (Wildman–Crippen MR) is 95.1 cm³/mol. The number of piperazine rings is 1. The van der Waals surface area contributed by atoms with Crippen molar-refractivity contribution in [3.05, 3.63) is 42.1 Å². The third kappa shape index (κ3) is 4.01. The van der Waals surface area contributed by atoms with Crippen LogP contribution in [0.25, 0.3) is 0 Å². The van der Waals surface area contributed by atoms with Crippen molar-refractivity contribution in [1.82, 2.24) is 14.3 Å². The average Bonchev–Trinajstić information content (AvgIpc) is 2.54. The van der Waals surface area contributed by atoms with Gasteiger partial charge in [-0.3, -0.25) is 0 Å². The van der Waals surface area contributed by atoms with Gasteiger partial charge in [-0.05, 0) is 19.1 Å². The summed E-state index contributed by atoms with van der Waals surface area (Å²) >= 11 is 0. The molecule has 2 aromatic rings. The Morgan fingerprint density at radius 1 is 1.04 bits per heavy atom. The molecule has 1 saturated heterocycles. The molecule has 0 spiro atoms. The van der Waals surface area contributed by atoms with Gasteiger partial charge in [0, 0.05) is 43.6 Å². The molecule has 1 aliphatic rings. The molecule has 1 aliphatic heterocycles. The van der Waals surface area contributed by atoms with Crippen molar-refractivity contribution in [3.63, 3.8) is 0 Å². The zero-order valence-electron chi connectivity index (χ0n) is 13.8. The van der Waals surface area contributed by atoms with Crippen molar-refractivity contribution in [2.75, 3.05) is 42.7 Å². The number of nitrogens with zero attached hydrogens (tertiary/aromatic N) is 4. The Hall–Kier alpha value is -2.19. The Labute approximate surface area is 142 Å². The highest BCUT2D eigenvalue weighted by atomic mass is 32.2. The lowest BCUT2D eigenvalue weighted by Gasteiger charge is -2.33. The van der Waals surface area contributed by atoms with Crippen molar-refractivity contribution in [3.8, 4) is 0 Å².